The van der Waals surface area contributed by atoms with E-state index in [2.05, 4.69) is 29.5 Å². The molecule has 4 rings (SSSR count). The van der Waals surface area contributed by atoms with E-state index in [1.807, 2.05) is 30.3 Å². The number of carbonyl (C=O) groups excluding carboxylic acids is 2. The van der Waals surface area contributed by atoms with E-state index in [-0.39, 0.29) is 17.2 Å². The van der Waals surface area contributed by atoms with Gasteiger partial charge in [-0.3, -0.25) is 14.6 Å². The summed E-state index contributed by atoms with van der Waals surface area (Å²) >= 11 is 0. The molecular formula is C27H27N3O3. The maximum atomic E-state index is 13.0. The molecule has 0 radical (unpaired) electrons. The molecule has 0 aliphatic carbocycles. The van der Waals surface area contributed by atoms with Gasteiger partial charge in [-0.2, -0.15) is 0 Å². The molecule has 33 heavy (non-hydrogen) atoms. The van der Waals surface area contributed by atoms with Crippen LogP contribution in [0.15, 0.2) is 73.1 Å². The number of benzene rings is 2. The molecule has 168 valence electrons. The normalized spacial score (nSPS) is 15.3. The van der Waals surface area contributed by atoms with Gasteiger partial charge in [-0.15, -0.1) is 0 Å². The number of hydrogen-bond donors (Lipinski definition) is 2. The van der Waals surface area contributed by atoms with Crippen molar-refractivity contribution in [3.63, 3.8) is 0 Å². The lowest BCUT2D eigenvalue weighted by Crippen LogP contribution is -2.43. The number of hydrogen-bond acceptors (Lipinski definition) is 5. The van der Waals surface area contributed by atoms with Crippen LogP contribution in [0.4, 0.5) is 0 Å². The zero-order valence-electron chi connectivity index (χ0n) is 19.0. The van der Waals surface area contributed by atoms with E-state index in [4.69, 9.17) is 4.74 Å². The predicted molar refractivity (Wildman–Crippen MR) is 128 cm³/mol. The minimum atomic E-state index is -0.201. The van der Waals surface area contributed by atoms with Gasteiger partial charge in [0.05, 0.1) is 7.11 Å². The highest BCUT2D eigenvalue weighted by atomic mass is 16.5. The number of ketones is 1. The van der Waals surface area contributed by atoms with E-state index < -0.39 is 0 Å². The number of nitrogens with zero attached hydrogens (tertiary/aromatic N) is 1. The number of nitrogens with one attached hydrogen (secondary N) is 2. The highest BCUT2D eigenvalue weighted by Gasteiger charge is 2.28. The van der Waals surface area contributed by atoms with Crippen molar-refractivity contribution in [3.8, 4) is 5.75 Å². The van der Waals surface area contributed by atoms with E-state index >= 15 is 0 Å². The summed E-state index contributed by atoms with van der Waals surface area (Å²) in [5.41, 5.74) is 4.65. The molecule has 3 aromatic rings. The van der Waals surface area contributed by atoms with E-state index in [1.165, 1.54) is 5.56 Å². The third-order valence-corrected chi connectivity index (χ3v) is 5.60. The van der Waals surface area contributed by atoms with Gasteiger partial charge < -0.3 is 15.4 Å². The first-order valence-corrected chi connectivity index (χ1v) is 10.8. The lowest BCUT2D eigenvalue weighted by Gasteiger charge is -2.35. The van der Waals surface area contributed by atoms with Crippen molar-refractivity contribution in [3.05, 3.63) is 101 Å². The molecule has 2 N–H and O–H groups in total. The molecular weight excluding hydrogens is 414 g/mol. The number of amides is 1. The molecule has 0 saturated heterocycles. The van der Waals surface area contributed by atoms with Crippen LogP contribution in [0, 0.1) is 0 Å². The van der Waals surface area contributed by atoms with E-state index in [1.54, 1.807) is 49.8 Å². The van der Waals surface area contributed by atoms with Gasteiger partial charge in [0, 0.05) is 52.9 Å². The predicted octanol–water partition coefficient (Wildman–Crippen LogP) is 4.17. The van der Waals surface area contributed by atoms with Crippen LogP contribution in [0.25, 0.3) is 5.70 Å². The van der Waals surface area contributed by atoms with Crippen LogP contribution in [-0.2, 0) is 13.0 Å². The van der Waals surface area contributed by atoms with Crippen LogP contribution < -0.4 is 15.4 Å². The quantitative estimate of drug-likeness (QED) is 0.443. The Balaban J connectivity index is 1.51. The fourth-order valence-electron chi connectivity index (χ4n) is 3.94. The van der Waals surface area contributed by atoms with Gasteiger partial charge in [-0.1, -0.05) is 24.3 Å². The van der Waals surface area contributed by atoms with Gasteiger partial charge in [0.15, 0.2) is 5.78 Å². The molecule has 1 aliphatic heterocycles. The molecule has 0 bridgehead atoms. The summed E-state index contributed by atoms with van der Waals surface area (Å²) in [6.45, 7) is 4.61. The summed E-state index contributed by atoms with van der Waals surface area (Å²) in [7, 11) is 1.63. The van der Waals surface area contributed by atoms with Crippen LogP contribution in [-0.4, -0.2) is 29.3 Å². The number of ether oxygens (including phenoxy) is 1. The maximum absolute atomic E-state index is 13.0. The lowest BCUT2D eigenvalue weighted by atomic mass is 9.85. The third kappa shape index (κ3) is 5.29. The van der Waals surface area contributed by atoms with Crippen molar-refractivity contribution in [2.45, 2.75) is 32.4 Å². The molecule has 0 saturated carbocycles. The van der Waals surface area contributed by atoms with E-state index in [0.29, 0.717) is 17.7 Å². The maximum Gasteiger partial charge on any atom is 0.251 e. The molecule has 0 spiro atoms. The molecule has 1 aromatic heterocycles. The number of carbonyl (C=O) groups is 2. The first-order chi connectivity index (χ1) is 15.8. The molecule has 6 heteroatoms. The summed E-state index contributed by atoms with van der Waals surface area (Å²) in [5.74, 6) is 0.412. The molecule has 1 amide bonds. The van der Waals surface area contributed by atoms with Crippen LogP contribution in [0.1, 0.15) is 51.3 Å². The standard InChI is InChI=1S/C27H27N3O3/c1-27(2)15-21-10-11-22(33-3)13-23(21)24(30-27)14-25(31)19-6-8-20(9-7-19)26(32)29-17-18-5-4-12-28-16-18/h4-14,16,30H,15,17H2,1-3H3,(H,29,32). The largest absolute Gasteiger partial charge is 0.497 e. The number of aromatic nitrogens is 1. The molecule has 0 unspecified atom stereocenters. The molecule has 0 atom stereocenters. The Morgan fingerprint density at radius 2 is 1.88 bits per heavy atom. The molecule has 0 fully saturated rings. The molecule has 2 heterocycles. The fourth-order valence-corrected chi connectivity index (χ4v) is 3.94. The fraction of sp³-hybridized carbons (Fsp3) is 0.222. The lowest BCUT2D eigenvalue weighted by molar-refractivity contribution is 0.0949. The minimum Gasteiger partial charge on any atom is -0.497 e. The summed E-state index contributed by atoms with van der Waals surface area (Å²) in [4.78, 5) is 29.5. The molecule has 1 aliphatic rings. The average Bonchev–Trinajstić information content (AvgIpc) is 2.82. The third-order valence-electron chi connectivity index (χ3n) is 5.60. The second kappa shape index (κ2) is 9.28. The summed E-state index contributed by atoms with van der Waals surface area (Å²) < 4.78 is 5.37. The number of allylic oxidation sites excluding steroid dienone is 1. The minimum absolute atomic E-state index is 0.133. The Labute approximate surface area is 193 Å². The van der Waals surface area contributed by atoms with Gasteiger partial charge in [0.2, 0.25) is 0 Å². The van der Waals surface area contributed by atoms with Gasteiger partial charge >= 0.3 is 0 Å². The Morgan fingerprint density at radius 1 is 1.12 bits per heavy atom. The SMILES string of the molecule is COc1ccc2c(c1)C(=CC(=O)c1ccc(C(=O)NCc3cccnc3)cc1)NC(C)(C)C2. The van der Waals surface area contributed by atoms with Crippen LogP contribution in [0.3, 0.4) is 0 Å². The van der Waals surface area contributed by atoms with E-state index in [9.17, 15) is 9.59 Å². The van der Waals surface area contributed by atoms with E-state index in [0.717, 1.165) is 29.0 Å². The van der Waals surface area contributed by atoms with Gasteiger partial charge in [-0.05, 0) is 61.7 Å². The Kier molecular flexibility index (Phi) is 6.27. The van der Waals surface area contributed by atoms with Crippen molar-refractivity contribution in [1.29, 1.82) is 0 Å². The van der Waals surface area contributed by atoms with Crippen molar-refractivity contribution in [1.82, 2.24) is 15.6 Å². The Morgan fingerprint density at radius 3 is 2.58 bits per heavy atom. The van der Waals surface area contributed by atoms with Crippen molar-refractivity contribution in [2.24, 2.45) is 0 Å². The second-order valence-electron chi connectivity index (χ2n) is 8.75. The molecule has 2 aromatic carbocycles. The summed E-state index contributed by atoms with van der Waals surface area (Å²) in [5, 5.41) is 6.34. The van der Waals surface area contributed by atoms with Gasteiger partial charge in [0.1, 0.15) is 5.75 Å². The van der Waals surface area contributed by atoms with Crippen LogP contribution in [0.5, 0.6) is 5.75 Å². The number of pyridine rings is 1. The van der Waals surface area contributed by atoms with Crippen molar-refractivity contribution < 1.29 is 14.3 Å². The monoisotopic (exact) mass is 441 g/mol. The van der Waals surface area contributed by atoms with Crippen LogP contribution in [0.2, 0.25) is 0 Å². The summed E-state index contributed by atoms with van der Waals surface area (Å²) in [6, 6.07) is 16.4. The first kappa shape index (κ1) is 22.3. The average molecular weight is 442 g/mol. The Hall–Kier alpha value is -3.93. The van der Waals surface area contributed by atoms with Crippen LogP contribution >= 0.6 is 0 Å². The Bertz CT molecular complexity index is 1200. The van der Waals surface area contributed by atoms with Gasteiger partial charge in [-0.25, -0.2) is 0 Å². The highest BCUT2D eigenvalue weighted by Crippen LogP contribution is 2.32. The summed E-state index contributed by atoms with van der Waals surface area (Å²) in [6.07, 6.45) is 5.87. The van der Waals surface area contributed by atoms with Crippen molar-refractivity contribution >= 4 is 17.4 Å². The topological polar surface area (TPSA) is 80.3 Å². The molecule has 6 nitrogen and oxygen atoms in total. The first-order valence-electron chi connectivity index (χ1n) is 10.8. The number of methoxy groups -OCH3 is 1. The van der Waals surface area contributed by atoms with Gasteiger partial charge in [0.25, 0.3) is 5.91 Å². The highest BCUT2D eigenvalue weighted by molar-refractivity contribution is 6.09. The zero-order valence-corrected chi connectivity index (χ0v) is 19.0. The number of fused-ring (bicyclic) bond motifs is 1. The number of rotatable bonds is 6. The van der Waals surface area contributed by atoms with Crippen molar-refractivity contribution in [2.75, 3.05) is 7.11 Å². The second-order valence-corrected chi connectivity index (χ2v) is 8.75. The smallest absolute Gasteiger partial charge is 0.251 e. The zero-order chi connectivity index (χ0) is 23.4.